The van der Waals surface area contributed by atoms with Gasteiger partial charge in [-0.2, -0.15) is 0 Å². The van der Waals surface area contributed by atoms with Crippen molar-refractivity contribution in [2.24, 2.45) is 0 Å². The molecule has 4 heteroatoms. The fourth-order valence-corrected chi connectivity index (χ4v) is 7.76. The normalized spacial score (nSPS) is 16.6. The Hall–Kier alpha value is -1.57. The van der Waals surface area contributed by atoms with Crippen LogP contribution in [0.2, 0.25) is 0 Å². The van der Waals surface area contributed by atoms with Crippen molar-refractivity contribution in [3.8, 4) is 5.75 Å². The van der Waals surface area contributed by atoms with Crippen LogP contribution in [-0.4, -0.2) is 27.0 Å². The molecule has 0 amide bonds. The molecule has 0 aliphatic carbocycles. The first-order valence-electron chi connectivity index (χ1n) is 15.4. The molecule has 2 aromatic rings. The first kappa shape index (κ1) is 32.0. The number of para-hydroxylation sites is 1. The van der Waals surface area contributed by atoms with E-state index in [1.165, 1.54) is 85.7 Å². The van der Waals surface area contributed by atoms with Gasteiger partial charge < -0.3 is 14.4 Å². The Bertz CT molecular complexity index is 1050. The molecule has 2 unspecified atom stereocenters. The molecule has 0 radical (unpaired) electrons. The lowest BCUT2D eigenvalue weighted by Crippen LogP contribution is -2.33. The number of benzene rings is 2. The van der Waals surface area contributed by atoms with E-state index in [0.29, 0.717) is 8.58 Å². The SMILES string of the molecule is CCCCCC(CC)(Pc1ccccc1N1CCCCC1)c1cc(C(C)(C)C)cc(C(C)(C)C)c1OCOC. The first-order valence-corrected chi connectivity index (χ1v) is 16.4. The molecule has 0 bridgehead atoms. The molecule has 2 atom stereocenters. The van der Waals surface area contributed by atoms with Crippen LogP contribution in [0.1, 0.15) is 123 Å². The lowest BCUT2D eigenvalue weighted by atomic mass is 9.76. The summed E-state index contributed by atoms with van der Waals surface area (Å²) in [4.78, 5) is 2.65. The summed E-state index contributed by atoms with van der Waals surface area (Å²) in [5, 5.41) is 1.51. The number of rotatable bonds is 12. The molecule has 0 saturated carbocycles. The van der Waals surface area contributed by atoms with E-state index in [-0.39, 0.29) is 22.8 Å². The maximum atomic E-state index is 6.58. The monoisotopic (exact) mass is 553 g/mol. The quantitative estimate of drug-likeness (QED) is 0.148. The second-order valence-corrected chi connectivity index (χ2v) is 15.3. The number of methoxy groups -OCH3 is 1. The Morgan fingerprint density at radius 2 is 1.51 bits per heavy atom. The van der Waals surface area contributed by atoms with Gasteiger partial charge in [0.05, 0.1) is 0 Å². The molecule has 39 heavy (non-hydrogen) atoms. The summed E-state index contributed by atoms with van der Waals surface area (Å²) in [5.41, 5.74) is 5.54. The van der Waals surface area contributed by atoms with Crippen LogP contribution >= 0.6 is 8.58 Å². The lowest BCUT2D eigenvalue weighted by Gasteiger charge is -2.40. The van der Waals surface area contributed by atoms with Crippen molar-refractivity contribution in [1.82, 2.24) is 0 Å². The molecule has 218 valence electrons. The Kier molecular flexibility index (Phi) is 11.4. The van der Waals surface area contributed by atoms with Crippen LogP contribution in [0.25, 0.3) is 0 Å². The first-order chi connectivity index (χ1) is 18.5. The molecule has 0 aromatic heterocycles. The Labute approximate surface area is 242 Å². The van der Waals surface area contributed by atoms with Gasteiger partial charge in [0.25, 0.3) is 0 Å². The van der Waals surface area contributed by atoms with Crippen molar-refractivity contribution in [3.05, 3.63) is 53.1 Å². The van der Waals surface area contributed by atoms with Crippen LogP contribution in [0.3, 0.4) is 0 Å². The minimum absolute atomic E-state index is 0.00535. The summed E-state index contributed by atoms with van der Waals surface area (Å²) in [7, 11) is 2.40. The molecule has 1 fully saturated rings. The van der Waals surface area contributed by atoms with Crippen LogP contribution in [0.15, 0.2) is 36.4 Å². The largest absolute Gasteiger partial charge is 0.467 e. The molecular weight excluding hydrogens is 497 g/mol. The number of hydrogen-bond acceptors (Lipinski definition) is 3. The number of unbranched alkanes of at least 4 members (excludes halogenated alkanes) is 2. The summed E-state index contributed by atoms with van der Waals surface area (Å²) in [6.45, 7) is 21.3. The molecule has 0 spiro atoms. The molecule has 1 heterocycles. The molecular formula is C35H56NO2P. The maximum absolute atomic E-state index is 6.58. The topological polar surface area (TPSA) is 21.7 Å². The van der Waals surface area contributed by atoms with Crippen molar-refractivity contribution < 1.29 is 9.47 Å². The fraction of sp³-hybridized carbons (Fsp3) is 0.657. The standard InChI is InChI=1S/C35H56NO2P/c1-10-12-16-21-35(11-2,39-31-20-15-14-19-30(31)36-22-17-13-18-23-36)29-25-27(33(3,4)5)24-28(34(6,7)8)32(29)38-26-37-9/h14-15,19-20,24-25,39H,10-13,16-18,21-23,26H2,1-9H3. The minimum Gasteiger partial charge on any atom is -0.467 e. The van der Waals surface area contributed by atoms with Crippen LogP contribution in [0, 0.1) is 0 Å². The van der Waals surface area contributed by atoms with Crippen LogP contribution in [0.4, 0.5) is 5.69 Å². The van der Waals surface area contributed by atoms with Crippen LogP contribution in [0.5, 0.6) is 5.75 Å². The van der Waals surface area contributed by atoms with E-state index >= 15 is 0 Å². The van der Waals surface area contributed by atoms with Gasteiger partial charge in [-0.3, -0.25) is 0 Å². The highest BCUT2D eigenvalue weighted by atomic mass is 31.1. The minimum atomic E-state index is -0.0448. The summed E-state index contributed by atoms with van der Waals surface area (Å²) in [5.74, 6) is 1.05. The molecule has 1 aliphatic heterocycles. The number of piperidine rings is 1. The van der Waals surface area contributed by atoms with E-state index in [0.717, 1.165) is 12.2 Å². The number of anilines is 1. The number of ether oxygens (including phenoxy) is 2. The van der Waals surface area contributed by atoms with Gasteiger partial charge in [0.1, 0.15) is 5.75 Å². The van der Waals surface area contributed by atoms with Crippen molar-refractivity contribution in [3.63, 3.8) is 0 Å². The lowest BCUT2D eigenvalue weighted by molar-refractivity contribution is 0.0485. The Balaban J connectivity index is 2.28. The van der Waals surface area contributed by atoms with E-state index in [1.807, 2.05) is 0 Å². The summed E-state index contributed by atoms with van der Waals surface area (Å²) >= 11 is 0. The molecule has 3 rings (SSSR count). The maximum Gasteiger partial charge on any atom is 0.188 e. The number of nitrogens with zero attached hydrogens (tertiary/aromatic N) is 1. The predicted molar refractivity (Wildman–Crippen MR) is 173 cm³/mol. The summed E-state index contributed by atoms with van der Waals surface area (Å²) in [6.07, 6.45) is 9.93. The third-order valence-corrected chi connectivity index (χ3v) is 10.4. The van der Waals surface area contributed by atoms with Crippen LogP contribution in [-0.2, 0) is 20.7 Å². The van der Waals surface area contributed by atoms with Gasteiger partial charge in [-0.1, -0.05) is 114 Å². The highest BCUT2D eigenvalue weighted by molar-refractivity contribution is 7.49. The van der Waals surface area contributed by atoms with E-state index in [2.05, 4.69) is 96.7 Å². The highest BCUT2D eigenvalue weighted by Gasteiger charge is 2.38. The zero-order valence-corrected chi connectivity index (χ0v) is 27.5. The van der Waals surface area contributed by atoms with Crippen molar-refractivity contribution in [2.45, 2.75) is 123 Å². The smallest absolute Gasteiger partial charge is 0.188 e. The molecule has 1 aliphatic rings. The Morgan fingerprint density at radius 3 is 2.10 bits per heavy atom. The average molecular weight is 554 g/mol. The fourth-order valence-electron chi connectivity index (χ4n) is 5.89. The van der Waals surface area contributed by atoms with Crippen molar-refractivity contribution in [2.75, 3.05) is 31.9 Å². The van der Waals surface area contributed by atoms with Crippen molar-refractivity contribution in [1.29, 1.82) is 0 Å². The third kappa shape index (κ3) is 8.01. The molecule has 3 nitrogen and oxygen atoms in total. The van der Waals surface area contributed by atoms with Gasteiger partial charge in [0.15, 0.2) is 6.79 Å². The van der Waals surface area contributed by atoms with E-state index < -0.39 is 0 Å². The zero-order chi connectivity index (χ0) is 28.7. The second-order valence-electron chi connectivity index (χ2n) is 13.5. The molecule has 2 aromatic carbocycles. The number of hydrogen-bond donors (Lipinski definition) is 0. The zero-order valence-electron chi connectivity index (χ0n) is 26.5. The van der Waals surface area contributed by atoms with Gasteiger partial charge in [0, 0.05) is 42.2 Å². The van der Waals surface area contributed by atoms with Gasteiger partial charge in [-0.25, -0.2) is 0 Å². The van der Waals surface area contributed by atoms with E-state index in [9.17, 15) is 0 Å². The second kappa shape index (κ2) is 13.9. The highest BCUT2D eigenvalue weighted by Crippen LogP contribution is 2.54. The molecule has 0 N–H and O–H groups in total. The van der Waals surface area contributed by atoms with Crippen LogP contribution < -0.4 is 14.9 Å². The summed E-state index contributed by atoms with van der Waals surface area (Å²) in [6, 6.07) is 14.2. The summed E-state index contributed by atoms with van der Waals surface area (Å²) < 4.78 is 12.1. The van der Waals surface area contributed by atoms with Gasteiger partial charge >= 0.3 is 0 Å². The molecule has 1 saturated heterocycles. The van der Waals surface area contributed by atoms with Gasteiger partial charge in [-0.15, -0.1) is 0 Å². The average Bonchev–Trinajstić information content (AvgIpc) is 2.90. The van der Waals surface area contributed by atoms with Crippen molar-refractivity contribution >= 4 is 19.6 Å². The Morgan fingerprint density at radius 1 is 0.846 bits per heavy atom. The van der Waals surface area contributed by atoms with Gasteiger partial charge in [-0.05, 0) is 59.9 Å². The predicted octanol–water partition coefficient (Wildman–Crippen LogP) is 9.44. The van der Waals surface area contributed by atoms with E-state index in [4.69, 9.17) is 9.47 Å². The van der Waals surface area contributed by atoms with E-state index in [1.54, 1.807) is 7.11 Å². The third-order valence-electron chi connectivity index (χ3n) is 8.39. The van der Waals surface area contributed by atoms with Gasteiger partial charge in [0.2, 0.25) is 0 Å².